The largest absolute Gasteiger partial charge is 0.534 e. The molecular formula is C27H34N2O8S2. The Labute approximate surface area is 232 Å². The molecule has 0 spiro atoms. The van der Waals surface area contributed by atoms with E-state index in [0.717, 1.165) is 10.2 Å². The van der Waals surface area contributed by atoms with Gasteiger partial charge in [0.15, 0.2) is 9.84 Å². The lowest BCUT2D eigenvalue weighted by Crippen LogP contribution is -2.44. The van der Waals surface area contributed by atoms with Crippen LogP contribution in [0.3, 0.4) is 0 Å². The first-order valence-electron chi connectivity index (χ1n) is 12.1. The Kier molecular flexibility index (Phi) is 9.12. The fraction of sp³-hybridized carbons (Fsp3) is 0.444. The van der Waals surface area contributed by atoms with Gasteiger partial charge in [-0.05, 0) is 82.3 Å². The topological polar surface area (TPSA) is 121 Å². The van der Waals surface area contributed by atoms with Crippen LogP contribution in [0.4, 0.5) is 9.59 Å². The van der Waals surface area contributed by atoms with E-state index in [2.05, 4.69) is 4.98 Å². The first-order chi connectivity index (χ1) is 18.0. The lowest BCUT2D eigenvalue weighted by Gasteiger charge is -2.32. The van der Waals surface area contributed by atoms with Gasteiger partial charge in [-0.3, -0.25) is 9.82 Å². The molecule has 0 aliphatic heterocycles. The van der Waals surface area contributed by atoms with Gasteiger partial charge in [0.05, 0.1) is 28.8 Å². The molecular weight excluding hydrogens is 544 g/mol. The van der Waals surface area contributed by atoms with Crippen molar-refractivity contribution in [2.24, 2.45) is 0 Å². The molecule has 1 aromatic carbocycles. The summed E-state index contributed by atoms with van der Waals surface area (Å²) in [6, 6.07) is 8.78. The van der Waals surface area contributed by atoms with Crippen molar-refractivity contribution in [2.45, 2.75) is 64.5 Å². The number of methoxy groups -OCH3 is 1. The summed E-state index contributed by atoms with van der Waals surface area (Å²) in [5, 5.41) is 2.50. The van der Waals surface area contributed by atoms with E-state index in [9.17, 15) is 18.0 Å². The minimum absolute atomic E-state index is 0.338. The number of sulfone groups is 1. The summed E-state index contributed by atoms with van der Waals surface area (Å²) in [5.74, 6) is -0.397. The number of ether oxygens (including phenoxy) is 3. The number of aromatic nitrogens is 1. The van der Waals surface area contributed by atoms with E-state index < -0.39 is 45.1 Å². The normalized spacial score (nSPS) is 13.0. The summed E-state index contributed by atoms with van der Waals surface area (Å²) >= 11 is 1.46. The molecule has 212 valence electrons. The number of hydroxylamine groups is 2. The van der Waals surface area contributed by atoms with Crippen molar-refractivity contribution in [1.29, 1.82) is 0 Å². The smallest absolute Gasteiger partial charge is 0.497 e. The molecule has 1 amide bonds. The summed E-state index contributed by atoms with van der Waals surface area (Å²) in [6.07, 6.45) is -0.722. The van der Waals surface area contributed by atoms with Crippen molar-refractivity contribution in [1.82, 2.24) is 10.0 Å². The number of pyridine rings is 1. The summed E-state index contributed by atoms with van der Waals surface area (Å²) < 4.78 is 43.8. The quantitative estimate of drug-likeness (QED) is 0.243. The lowest BCUT2D eigenvalue weighted by molar-refractivity contribution is -0.153. The predicted molar refractivity (Wildman–Crippen MR) is 148 cm³/mol. The van der Waals surface area contributed by atoms with Gasteiger partial charge >= 0.3 is 12.2 Å². The maximum absolute atomic E-state index is 13.5. The Balaban J connectivity index is 2.01. The van der Waals surface area contributed by atoms with Gasteiger partial charge in [-0.1, -0.05) is 12.1 Å². The molecule has 0 radical (unpaired) electrons. The molecule has 39 heavy (non-hydrogen) atoms. The zero-order chi connectivity index (χ0) is 29.0. The van der Waals surface area contributed by atoms with Crippen molar-refractivity contribution < 1.29 is 37.1 Å². The molecule has 0 N–H and O–H groups in total. The third-order valence-electron chi connectivity index (χ3n) is 5.08. The molecule has 0 aliphatic rings. The van der Waals surface area contributed by atoms with Crippen molar-refractivity contribution in [3.05, 3.63) is 59.1 Å². The Morgan fingerprint density at radius 3 is 2.23 bits per heavy atom. The minimum Gasteiger partial charge on any atom is -0.497 e. The molecule has 0 fully saturated rings. The van der Waals surface area contributed by atoms with Gasteiger partial charge < -0.3 is 14.2 Å². The Bertz CT molecular complexity index is 1400. The van der Waals surface area contributed by atoms with Crippen molar-refractivity contribution in [3.63, 3.8) is 0 Å². The third-order valence-corrected chi connectivity index (χ3v) is 7.53. The number of thiophene rings is 1. The third kappa shape index (κ3) is 9.10. The van der Waals surface area contributed by atoms with E-state index >= 15 is 0 Å². The minimum atomic E-state index is -3.89. The zero-order valence-corrected chi connectivity index (χ0v) is 24.7. The van der Waals surface area contributed by atoms with E-state index in [1.54, 1.807) is 71.9 Å². The molecule has 2 heterocycles. The second-order valence-electron chi connectivity index (χ2n) is 10.9. The van der Waals surface area contributed by atoms with E-state index in [4.69, 9.17) is 19.0 Å². The SMILES string of the molecule is COc1ccc(C(CS(=O)(=O)Cc2cnc3ccsc3c2)N(OC(=O)OC(C)(C)C)C(=O)OC(C)(C)C)cc1. The highest BCUT2D eigenvalue weighted by atomic mass is 32.2. The molecule has 0 aliphatic carbocycles. The predicted octanol–water partition coefficient (Wildman–Crippen LogP) is 6.06. The number of hydrogen-bond acceptors (Lipinski definition) is 10. The molecule has 0 saturated carbocycles. The van der Waals surface area contributed by atoms with Gasteiger partial charge in [0.2, 0.25) is 0 Å². The van der Waals surface area contributed by atoms with Gasteiger partial charge in [-0.2, -0.15) is 0 Å². The van der Waals surface area contributed by atoms with Gasteiger partial charge in [0, 0.05) is 6.20 Å². The fourth-order valence-corrected chi connectivity index (χ4v) is 5.93. The monoisotopic (exact) mass is 578 g/mol. The van der Waals surface area contributed by atoms with E-state index in [1.165, 1.54) is 24.6 Å². The van der Waals surface area contributed by atoms with Crippen molar-refractivity contribution in [3.8, 4) is 5.75 Å². The zero-order valence-electron chi connectivity index (χ0n) is 23.1. The number of carbonyl (C=O) groups is 2. The van der Waals surface area contributed by atoms with Crippen LogP contribution in [0.25, 0.3) is 10.2 Å². The molecule has 1 atom stereocenters. The molecule has 2 aromatic heterocycles. The van der Waals surface area contributed by atoms with Gasteiger partial charge in [-0.25, -0.2) is 18.0 Å². The summed E-state index contributed by atoms with van der Waals surface area (Å²) in [4.78, 5) is 35.6. The number of fused-ring (bicyclic) bond motifs is 1. The number of hydrogen-bond donors (Lipinski definition) is 0. The van der Waals surface area contributed by atoms with Crippen LogP contribution in [0.5, 0.6) is 5.75 Å². The van der Waals surface area contributed by atoms with Crippen molar-refractivity contribution in [2.75, 3.05) is 12.9 Å². The van der Waals surface area contributed by atoms with Gasteiger partial charge in [0.1, 0.15) is 23.0 Å². The summed E-state index contributed by atoms with van der Waals surface area (Å²) in [5.41, 5.74) is -0.237. The summed E-state index contributed by atoms with van der Waals surface area (Å²) in [6.45, 7) is 9.83. The maximum Gasteiger partial charge on any atom is 0.534 e. The highest BCUT2D eigenvalue weighted by Crippen LogP contribution is 2.29. The maximum atomic E-state index is 13.5. The van der Waals surface area contributed by atoms with Crippen LogP contribution in [0.1, 0.15) is 58.7 Å². The van der Waals surface area contributed by atoms with Crippen LogP contribution >= 0.6 is 11.3 Å². The first kappa shape index (κ1) is 30.2. The number of amides is 1. The van der Waals surface area contributed by atoms with Gasteiger partial charge in [-0.15, -0.1) is 16.4 Å². The average Bonchev–Trinajstić information content (AvgIpc) is 3.26. The summed E-state index contributed by atoms with van der Waals surface area (Å²) in [7, 11) is -2.40. The molecule has 10 nitrogen and oxygen atoms in total. The lowest BCUT2D eigenvalue weighted by atomic mass is 10.1. The Morgan fingerprint density at radius 1 is 1.00 bits per heavy atom. The highest BCUT2D eigenvalue weighted by molar-refractivity contribution is 7.90. The van der Waals surface area contributed by atoms with Crippen LogP contribution in [-0.2, 0) is 29.9 Å². The van der Waals surface area contributed by atoms with Crippen LogP contribution in [0, 0.1) is 0 Å². The van der Waals surface area contributed by atoms with E-state index in [-0.39, 0.29) is 5.75 Å². The number of rotatable bonds is 7. The van der Waals surface area contributed by atoms with E-state index in [1.807, 2.05) is 11.4 Å². The Morgan fingerprint density at radius 2 is 1.64 bits per heavy atom. The van der Waals surface area contributed by atoms with Gasteiger partial charge in [0.25, 0.3) is 0 Å². The Hall–Kier alpha value is -3.38. The number of nitrogens with zero attached hydrogens (tertiary/aromatic N) is 2. The second kappa shape index (κ2) is 11.8. The molecule has 0 bridgehead atoms. The van der Waals surface area contributed by atoms with Crippen LogP contribution in [0.15, 0.2) is 48.0 Å². The molecule has 12 heteroatoms. The van der Waals surface area contributed by atoms with E-state index in [0.29, 0.717) is 21.9 Å². The number of carbonyl (C=O) groups excluding carboxylic acids is 2. The standard InChI is InChI=1S/C27H34N2O8S2/c1-26(2,3)35-24(30)29(37-25(31)36-27(4,5)6)22(19-8-10-20(34-7)11-9-19)17-39(32,33)16-18-14-23-21(28-15-18)12-13-38-23/h8-15,22H,16-17H2,1-7H3. The number of benzene rings is 1. The fourth-order valence-electron chi connectivity index (χ4n) is 3.53. The van der Waals surface area contributed by atoms with Crippen LogP contribution < -0.4 is 4.74 Å². The molecule has 3 aromatic rings. The molecule has 0 saturated heterocycles. The van der Waals surface area contributed by atoms with Crippen LogP contribution in [0.2, 0.25) is 0 Å². The first-order valence-corrected chi connectivity index (χ1v) is 14.8. The van der Waals surface area contributed by atoms with Crippen LogP contribution in [-0.4, -0.2) is 54.8 Å². The average molecular weight is 579 g/mol. The highest BCUT2D eigenvalue weighted by Gasteiger charge is 2.37. The molecule has 1 unspecified atom stereocenters. The molecule has 3 rings (SSSR count). The van der Waals surface area contributed by atoms with Crippen molar-refractivity contribution >= 4 is 43.6 Å². The second-order valence-corrected chi connectivity index (χ2v) is 13.9.